The van der Waals surface area contributed by atoms with E-state index in [4.69, 9.17) is 19.2 Å². The van der Waals surface area contributed by atoms with Gasteiger partial charge in [-0.25, -0.2) is 9.78 Å². The van der Waals surface area contributed by atoms with Crippen molar-refractivity contribution in [2.75, 3.05) is 0 Å². The predicted octanol–water partition coefficient (Wildman–Crippen LogP) is 5.07. The van der Waals surface area contributed by atoms with Crippen LogP contribution in [0.2, 0.25) is 0 Å². The zero-order valence-electron chi connectivity index (χ0n) is 17.7. The van der Waals surface area contributed by atoms with Crippen LogP contribution < -0.4 is 14.4 Å². The Hall–Kier alpha value is -3.10. The van der Waals surface area contributed by atoms with Gasteiger partial charge in [0.25, 0.3) is 0 Å². The number of benzene rings is 2. The van der Waals surface area contributed by atoms with Gasteiger partial charge in [0.2, 0.25) is 0 Å². The maximum atomic E-state index is 11.4. The van der Waals surface area contributed by atoms with E-state index in [0.717, 1.165) is 33.0 Å². The van der Waals surface area contributed by atoms with Gasteiger partial charge in [-0.1, -0.05) is 12.1 Å². The first-order valence-electron chi connectivity index (χ1n) is 9.77. The van der Waals surface area contributed by atoms with Crippen molar-refractivity contribution in [2.45, 2.75) is 46.5 Å². The molecule has 2 heterocycles. The maximum absolute atomic E-state index is 11.4. The molecule has 0 saturated heterocycles. The molecule has 0 unspecified atom stereocenters. The molecule has 0 spiro atoms. The molecule has 0 atom stereocenters. The number of carboxylic acid groups (broad SMARTS) is 1. The van der Waals surface area contributed by atoms with Crippen LogP contribution in [0, 0.1) is 13.8 Å². The standard InChI is InChI=1S/C23H23NO6S/c1-13-8-16(9-14(2)20(13)29-23(3,4)22(25)26)27-11-19-24-18(12-31-19)17-7-5-6-15-10-28-30-21(15)17/h5-9,12H,10-11H2,1-4H3,(H,25,26). The number of carbonyl (C=O) groups is 1. The molecule has 0 amide bonds. The molecular formula is C23H23NO6S. The fraction of sp³-hybridized carbons (Fsp3) is 0.304. The van der Waals surface area contributed by atoms with E-state index in [-0.39, 0.29) is 0 Å². The highest BCUT2D eigenvalue weighted by atomic mass is 32.1. The van der Waals surface area contributed by atoms with Crippen LogP contribution in [0.1, 0.15) is 35.5 Å². The average molecular weight is 442 g/mol. The SMILES string of the molecule is Cc1cc(OCc2nc(-c3cccc4c3OOC4)cs2)cc(C)c1OC(C)(C)C(=O)O. The van der Waals surface area contributed by atoms with Crippen molar-refractivity contribution < 1.29 is 29.1 Å². The quantitative estimate of drug-likeness (QED) is 0.512. The van der Waals surface area contributed by atoms with E-state index in [1.165, 1.54) is 25.2 Å². The number of aryl methyl sites for hydroxylation is 2. The predicted molar refractivity (Wildman–Crippen MR) is 116 cm³/mol. The maximum Gasteiger partial charge on any atom is 0.347 e. The first kappa shape index (κ1) is 21.1. The van der Waals surface area contributed by atoms with E-state index in [0.29, 0.717) is 30.5 Å². The zero-order valence-corrected chi connectivity index (χ0v) is 18.5. The zero-order chi connectivity index (χ0) is 22.2. The summed E-state index contributed by atoms with van der Waals surface area (Å²) in [5.41, 5.74) is 3.01. The number of hydrogen-bond donors (Lipinski definition) is 1. The second-order valence-electron chi connectivity index (χ2n) is 7.86. The van der Waals surface area contributed by atoms with Gasteiger partial charge in [-0.2, -0.15) is 4.89 Å². The Morgan fingerprint density at radius 1 is 1.26 bits per heavy atom. The van der Waals surface area contributed by atoms with Gasteiger partial charge in [0, 0.05) is 16.5 Å². The summed E-state index contributed by atoms with van der Waals surface area (Å²) in [5, 5.41) is 12.1. The Bertz CT molecular complexity index is 1110. The number of nitrogens with zero attached hydrogens (tertiary/aromatic N) is 1. The monoisotopic (exact) mass is 441 g/mol. The van der Waals surface area contributed by atoms with Crippen molar-refractivity contribution in [1.29, 1.82) is 0 Å². The van der Waals surface area contributed by atoms with Crippen molar-refractivity contribution in [1.82, 2.24) is 4.98 Å². The molecule has 0 saturated carbocycles. The third kappa shape index (κ3) is 4.35. The van der Waals surface area contributed by atoms with Crippen LogP contribution in [0.3, 0.4) is 0 Å². The summed E-state index contributed by atoms with van der Waals surface area (Å²) >= 11 is 1.51. The minimum absolute atomic E-state index is 0.316. The van der Waals surface area contributed by atoms with Gasteiger partial charge < -0.3 is 19.5 Å². The largest absolute Gasteiger partial charge is 0.486 e. The molecule has 8 heteroatoms. The molecule has 0 bridgehead atoms. The number of para-hydroxylation sites is 1. The second kappa shape index (κ2) is 8.20. The number of carboxylic acids is 1. The number of ether oxygens (including phenoxy) is 2. The van der Waals surface area contributed by atoms with Crippen LogP contribution in [0.4, 0.5) is 0 Å². The Kier molecular flexibility index (Phi) is 5.60. The van der Waals surface area contributed by atoms with Crippen molar-refractivity contribution in [2.24, 2.45) is 0 Å². The normalized spacial score (nSPS) is 12.9. The average Bonchev–Trinajstić information content (AvgIpc) is 3.38. The second-order valence-corrected chi connectivity index (χ2v) is 8.80. The van der Waals surface area contributed by atoms with Gasteiger partial charge in [-0.15, -0.1) is 11.3 Å². The topological polar surface area (TPSA) is 87.1 Å². The number of rotatable bonds is 7. The molecule has 1 aliphatic heterocycles. The Morgan fingerprint density at radius 2 is 2.00 bits per heavy atom. The summed E-state index contributed by atoms with van der Waals surface area (Å²) in [6, 6.07) is 9.56. The molecule has 3 aromatic rings. The molecule has 31 heavy (non-hydrogen) atoms. The first-order valence-corrected chi connectivity index (χ1v) is 10.6. The summed E-state index contributed by atoms with van der Waals surface area (Å²) in [4.78, 5) is 26.4. The third-order valence-corrected chi connectivity index (χ3v) is 5.77. The van der Waals surface area contributed by atoms with Gasteiger partial charge in [0.15, 0.2) is 11.4 Å². The molecule has 1 aromatic heterocycles. The van der Waals surface area contributed by atoms with Crippen molar-refractivity contribution in [3.8, 4) is 28.5 Å². The van der Waals surface area contributed by atoms with Crippen LogP contribution in [-0.2, 0) is 22.9 Å². The lowest BCUT2D eigenvalue weighted by molar-refractivity contribution is -0.194. The summed E-state index contributed by atoms with van der Waals surface area (Å²) < 4.78 is 11.7. The molecular weight excluding hydrogens is 418 g/mol. The summed E-state index contributed by atoms with van der Waals surface area (Å²) in [7, 11) is 0. The van der Waals surface area contributed by atoms with Crippen LogP contribution in [-0.4, -0.2) is 21.7 Å². The highest BCUT2D eigenvalue weighted by Gasteiger charge is 2.30. The van der Waals surface area contributed by atoms with Crippen LogP contribution >= 0.6 is 11.3 Å². The van der Waals surface area contributed by atoms with E-state index in [2.05, 4.69) is 4.98 Å². The highest BCUT2D eigenvalue weighted by Crippen LogP contribution is 2.38. The van der Waals surface area contributed by atoms with Gasteiger partial charge in [0.05, 0.1) is 5.69 Å². The third-order valence-electron chi connectivity index (χ3n) is 4.95. The van der Waals surface area contributed by atoms with Crippen LogP contribution in [0.25, 0.3) is 11.3 Å². The molecule has 0 aliphatic carbocycles. The number of aromatic nitrogens is 1. The molecule has 1 aliphatic rings. The summed E-state index contributed by atoms with van der Waals surface area (Å²) in [5.74, 6) is 0.916. The molecule has 0 fully saturated rings. The van der Waals surface area contributed by atoms with Crippen LogP contribution in [0.5, 0.6) is 17.2 Å². The lowest BCUT2D eigenvalue weighted by atomic mass is 10.1. The van der Waals surface area contributed by atoms with E-state index in [1.807, 2.05) is 49.6 Å². The summed E-state index contributed by atoms with van der Waals surface area (Å²) in [6.07, 6.45) is 0. The van der Waals surface area contributed by atoms with Gasteiger partial charge in [0.1, 0.15) is 29.7 Å². The molecule has 7 nitrogen and oxygen atoms in total. The molecule has 162 valence electrons. The molecule has 1 N–H and O–H groups in total. The molecule has 4 rings (SSSR count). The highest BCUT2D eigenvalue weighted by molar-refractivity contribution is 7.09. The van der Waals surface area contributed by atoms with E-state index < -0.39 is 11.6 Å². The fourth-order valence-corrected chi connectivity index (χ4v) is 3.96. The van der Waals surface area contributed by atoms with E-state index in [1.54, 1.807) is 0 Å². The molecule has 0 radical (unpaired) electrons. The number of fused-ring (bicyclic) bond motifs is 1. The minimum atomic E-state index is -1.32. The van der Waals surface area contributed by atoms with E-state index >= 15 is 0 Å². The smallest absolute Gasteiger partial charge is 0.347 e. The van der Waals surface area contributed by atoms with Gasteiger partial charge in [-0.05, 0) is 57.0 Å². The van der Waals surface area contributed by atoms with Gasteiger partial charge >= 0.3 is 5.97 Å². The lowest BCUT2D eigenvalue weighted by Crippen LogP contribution is -2.38. The Balaban J connectivity index is 1.47. The van der Waals surface area contributed by atoms with Crippen molar-refractivity contribution in [3.63, 3.8) is 0 Å². The fourth-order valence-electron chi connectivity index (χ4n) is 3.25. The van der Waals surface area contributed by atoms with Crippen molar-refractivity contribution in [3.05, 3.63) is 57.4 Å². The van der Waals surface area contributed by atoms with E-state index in [9.17, 15) is 9.90 Å². The molecule has 2 aromatic carbocycles. The number of thiazole rings is 1. The minimum Gasteiger partial charge on any atom is -0.486 e. The lowest BCUT2D eigenvalue weighted by Gasteiger charge is -2.24. The van der Waals surface area contributed by atoms with Gasteiger partial charge in [-0.3, -0.25) is 0 Å². The number of hydrogen-bond acceptors (Lipinski definition) is 7. The Morgan fingerprint density at radius 3 is 2.71 bits per heavy atom. The van der Waals surface area contributed by atoms with Crippen LogP contribution in [0.15, 0.2) is 35.7 Å². The summed E-state index contributed by atoms with van der Waals surface area (Å²) in [6.45, 7) is 7.54. The number of aliphatic carboxylic acids is 1. The van der Waals surface area contributed by atoms with Crippen molar-refractivity contribution >= 4 is 17.3 Å². The Labute approximate surface area is 184 Å². The first-order chi connectivity index (χ1) is 14.7.